The van der Waals surface area contributed by atoms with Gasteiger partial charge in [0.05, 0.1) is 6.10 Å². The Labute approximate surface area is 148 Å². The van der Waals surface area contributed by atoms with Gasteiger partial charge in [0, 0.05) is 36.4 Å². The van der Waals surface area contributed by atoms with Crippen LogP contribution in [-0.2, 0) is 4.74 Å². The Morgan fingerprint density at radius 2 is 2.00 bits per heavy atom. The highest BCUT2D eigenvalue weighted by Crippen LogP contribution is 2.42. The summed E-state index contributed by atoms with van der Waals surface area (Å²) in [6, 6.07) is 7.90. The molecule has 0 aromatic heterocycles. The van der Waals surface area contributed by atoms with Gasteiger partial charge in [-0.1, -0.05) is 12.1 Å². The summed E-state index contributed by atoms with van der Waals surface area (Å²) >= 11 is 1.76. The second-order valence-electron chi connectivity index (χ2n) is 6.93. The summed E-state index contributed by atoms with van der Waals surface area (Å²) in [6.07, 6.45) is 2.26. The van der Waals surface area contributed by atoms with E-state index in [0.717, 1.165) is 49.5 Å². The lowest BCUT2D eigenvalue weighted by Crippen LogP contribution is -2.49. The van der Waals surface area contributed by atoms with Crippen LogP contribution in [-0.4, -0.2) is 67.1 Å². The van der Waals surface area contributed by atoms with E-state index < -0.39 is 0 Å². The van der Waals surface area contributed by atoms with Crippen molar-refractivity contribution in [2.24, 2.45) is 0 Å². The van der Waals surface area contributed by atoms with Gasteiger partial charge in [-0.3, -0.25) is 4.79 Å². The quantitative estimate of drug-likeness (QED) is 0.650. The number of nitrogens with zero attached hydrogens (tertiary/aromatic N) is 2. The Morgan fingerprint density at radius 1 is 1.33 bits per heavy atom. The summed E-state index contributed by atoms with van der Waals surface area (Å²) in [5.41, 5.74) is 0.592. The highest BCUT2D eigenvalue weighted by Gasteiger charge is 2.47. The molecule has 2 saturated heterocycles. The van der Waals surface area contributed by atoms with Crippen molar-refractivity contribution in [3.63, 3.8) is 0 Å². The highest BCUT2D eigenvalue weighted by atomic mass is 32.2. The van der Waals surface area contributed by atoms with Gasteiger partial charge in [-0.05, 0) is 58.2 Å². The summed E-state index contributed by atoms with van der Waals surface area (Å²) in [6.45, 7) is 5.46. The number of nitrogens with one attached hydrogen (secondary N) is 1. The van der Waals surface area contributed by atoms with Crippen LogP contribution >= 0.6 is 11.9 Å². The monoisotopic (exact) mass is 349 g/mol. The molecule has 1 aromatic carbocycles. The Bertz CT molecular complexity index is 570. The number of carbonyl (C=O) groups is 1. The fourth-order valence-corrected chi connectivity index (χ4v) is 4.59. The zero-order valence-corrected chi connectivity index (χ0v) is 15.6. The summed E-state index contributed by atoms with van der Waals surface area (Å²) in [4.78, 5) is 14.8. The minimum Gasteiger partial charge on any atom is -0.354 e. The van der Waals surface area contributed by atoms with E-state index in [2.05, 4.69) is 28.6 Å². The molecule has 1 spiro atoms. The molecule has 2 heterocycles. The Kier molecular flexibility index (Phi) is 5.62. The third kappa shape index (κ3) is 4.00. The SMILES string of the molecule is CC(=O)c1ccc(SN2CC(CN(C)C)OC23CCNCC3)cc1. The molecule has 2 aliphatic rings. The molecule has 1 N–H and O–H groups in total. The maximum atomic E-state index is 11.4. The van der Waals surface area contributed by atoms with Crippen LogP contribution in [0.4, 0.5) is 0 Å². The van der Waals surface area contributed by atoms with Crippen LogP contribution in [0.15, 0.2) is 29.2 Å². The average molecular weight is 350 g/mol. The van der Waals surface area contributed by atoms with Crippen molar-refractivity contribution < 1.29 is 9.53 Å². The van der Waals surface area contributed by atoms with E-state index in [9.17, 15) is 4.79 Å². The minimum atomic E-state index is -0.171. The van der Waals surface area contributed by atoms with Gasteiger partial charge in [-0.2, -0.15) is 0 Å². The summed E-state index contributed by atoms with van der Waals surface area (Å²) in [5.74, 6) is 0.108. The molecule has 1 unspecified atom stereocenters. The first kappa shape index (κ1) is 17.9. The molecule has 1 aromatic rings. The van der Waals surface area contributed by atoms with Crippen molar-refractivity contribution >= 4 is 17.7 Å². The minimum absolute atomic E-state index is 0.108. The van der Waals surface area contributed by atoms with Crippen molar-refractivity contribution in [1.29, 1.82) is 0 Å². The topological polar surface area (TPSA) is 44.8 Å². The molecule has 2 fully saturated rings. The zero-order chi connectivity index (χ0) is 17.2. The maximum absolute atomic E-state index is 11.4. The highest BCUT2D eigenvalue weighted by molar-refractivity contribution is 7.97. The maximum Gasteiger partial charge on any atom is 0.159 e. The number of benzene rings is 1. The van der Waals surface area contributed by atoms with E-state index in [1.807, 2.05) is 24.3 Å². The molecule has 3 rings (SSSR count). The lowest BCUT2D eigenvalue weighted by atomic mass is 10.0. The number of Topliss-reactive ketones (excluding diaryl/α,β-unsaturated/α-hetero) is 1. The van der Waals surface area contributed by atoms with Gasteiger partial charge in [0.1, 0.15) is 5.72 Å². The predicted octanol–water partition coefficient (Wildman–Crippen LogP) is 2.24. The molecule has 132 valence electrons. The molecule has 1 atom stereocenters. The number of carbonyl (C=O) groups excluding carboxylic acids is 1. The molecule has 0 saturated carbocycles. The van der Waals surface area contributed by atoms with Crippen molar-refractivity contribution in [3.8, 4) is 0 Å². The molecule has 0 bridgehead atoms. The van der Waals surface area contributed by atoms with Crippen molar-refractivity contribution in [3.05, 3.63) is 29.8 Å². The van der Waals surface area contributed by atoms with Gasteiger partial charge in [0.25, 0.3) is 0 Å². The average Bonchev–Trinajstić information content (AvgIpc) is 2.84. The van der Waals surface area contributed by atoms with Crippen molar-refractivity contribution in [2.45, 2.75) is 36.5 Å². The standard InChI is InChI=1S/C18H27N3O2S/c1-14(22)15-4-6-17(7-5-15)24-21-13-16(12-20(2)3)23-18(21)8-10-19-11-9-18/h4-7,16,19H,8-13H2,1-3H3. The van der Waals surface area contributed by atoms with Crippen LogP contribution < -0.4 is 5.32 Å². The molecule has 0 radical (unpaired) electrons. The summed E-state index contributed by atoms with van der Waals surface area (Å²) in [7, 11) is 4.18. The van der Waals surface area contributed by atoms with Crippen LogP contribution in [0.2, 0.25) is 0 Å². The molecule has 6 heteroatoms. The molecule has 24 heavy (non-hydrogen) atoms. The first-order valence-corrected chi connectivity index (χ1v) is 9.36. The second kappa shape index (κ2) is 7.54. The number of piperidine rings is 1. The lowest BCUT2D eigenvalue weighted by Gasteiger charge is -2.39. The number of ketones is 1. The molecule has 0 amide bonds. The normalized spacial score (nSPS) is 23.9. The predicted molar refractivity (Wildman–Crippen MR) is 97.3 cm³/mol. The largest absolute Gasteiger partial charge is 0.354 e. The molecule has 5 nitrogen and oxygen atoms in total. The van der Waals surface area contributed by atoms with Crippen LogP contribution in [0.25, 0.3) is 0 Å². The number of likely N-dealkylation sites (N-methyl/N-ethyl adjacent to an activating group) is 1. The first-order chi connectivity index (χ1) is 11.5. The van der Waals surface area contributed by atoms with Crippen LogP contribution in [0.3, 0.4) is 0 Å². The van der Waals surface area contributed by atoms with Crippen molar-refractivity contribution in [1.82, 2.24) is 14.5 Å². The fourth-order valence-electron chi connectivity index (χ4n) is 3.44. The van der Waals surface area contributed by atoms with Gasteiger partial charge >= 0.3 is 0 Å². The van der Waals surface area contributed by atoms with E-state index in [1.54, 1.807) is 18.9 Å². The number of ether oxygens (including phenoxy) is 1. The Hall–Kier alpha value is -0.920. The number of rotatable bonds is 5. The first-order valence-electron chi connectivity index (χ1n) is 8.58. The zero-order valence-electron chi connectivity index (χ0n) is 14.7. The third-order valence-corrected chi connectivity index (χ3v) is 5.83. The van der Waals surface area contributed by atoms with E-state index in [1.165, 1.54) is 0 Å². The Morgan fingerprint density at radius 3 is 2.58 bits per heavy atom. The lowest BCUT2D eigenvalue weighted by molar-refractivity contribution is -0.0980. The molecule has 0 aliphatic carbocycles. The molecular weight excluding hydrogens is 322 g/mol. The van der Waals surface area contributed by atoms with E-state index >= 15 is 0 Å². The van der Waals surface area contributed by atoms with Crippen molar-refractivity contribution in [2.75, 3.05) is 40.3 Å². The second-order valence-corrected chi connectivity index (χ2v) is 8.03. The van der Waals surface area contributed by atoms with E-state index in [-0.39, 0.29) is 17.6 Å². The van der Waals surface area contributed by atoms with Gasteiger partial charge in [0.15, 0.2) is 5.78 Å². The van der Waals surface area contributed by atoms with Gasteiger partial charge in [-0.25, -0.2) is 4.31 Å². The molecular formula is C18H27N3O2S. The number of hydrogen-bond donors (Lipinski definition) is 1. The van der Waals surface area contributed by atoms with Gasteiger partial charge in [0.2, 0.25) is 0 Å². The fraction of sp³-hybridized carbons (Fsp3) is 0.611. The van der Waals surface area contributed by atoms with Crippen LogP contribution in [0.5, 0.6) is 0 Å². The summed E-state index contributed by atoms with van der Waals surface area (Å²) in [5, 5.41) is 3.43. The third-order valence-electron chi connectivity index (χ3n) is 4.64. The van der Waals surface area contributed by atoms with Crippen LogP contribution in [0, 0.1) is 0 Å². The smallest absolute Gasteiger partial charge is 0.159 e. The van der Waals surface area contributed by atoms with Gasteiger partial charge < -0.3 is 15.0 Å². The summed E-state index contributed by atoms with van der Waals surface area (Å²) < 4.78 is 8.94. The Balaban J connectivity index is 1.74. The van der Waals surface area contributed by atoms with E-state index in [4.69, 9.17) is 4.74 Å². The molecule has 2 aliphatic heterocycles. The number of hydrogen-bond acceptors (Lipinski definition) is 6. The van der Waals surface area contributed by atoms with Gasteiger partial charge in [-0.15, -0.1) is 0 Å². The van der Waals surface area contributed by atoms with Crippen LogP contribution in [0.1, 0.15) is 30.1 Å². The van der Waals surface area contributed by atoms with E-state index in [0.29, 0.717) is 0 Å².